The summed E-state index contributed by atoms with van der Waals surface area (Å²) in [7, 11) is -1.67. The van der Waals surface area contributed by atoms with E-state index in [0.717, 1.165) is 44.3 Å². The summed E-state index contributed by atoms with van der Waals surface area (Å²) in [6.07, 6.45) is 3.73. The van der Waals surface area contributed by atoms with Gasteiger partial charge in [-0.1, -0.05) is 6.07 Å². The second kappa shape index (κ2) is 6.82. The molecule has 2 fully saturated rings. The summed E-state index contributed by atoms with van der Waals surface area (Å²) in [4.78, 5) is 15.0. The van der Waals surface area contributed by atoms with Crippen molar-refractivity contribution in [3.05, 3.63) is 29.3 Å². The van der Waals surface area contributed by atoms with E-state index in [1.807, 2.05) is 18.9 Å². The molecular formula is C17H25N3O3S. The lowest BCUT2D eigenvalue weighted by molar-refractivity contribution is 0.0736. The molecule has 1 atom stereocenters. The van der Waals surface area contributed by atoms with Crippen molar-refractivity contribution in [2.24, 2.45) is 0 Å². The number of carbonyl (C=O) groups excluding carboxylic acids is 1. The molecule has 0 aromatic heterocycles. The maximum absolute atomic E-state index is 12.9. The van der Waals surface area contributed by atoms with Gasteiger partial charge in [-0.2, -0.15) is 0 Å². The number of hydrogen-bond donors (Lipinski definition) is 2. The molecule has 1 aromatic rings. The Kier molecular flexibility index (Phi) is 4.94. The zero-order valence-electron chi connectivity index (χ0n) is 14.2. The summed E-state index contributed by atoms with van der Waals surface area (Å²) in [6.45, 7) is 3.33. The fraction of sp³-hybridized carbons (Fsp3) is 0.588. The molecule has 1 amide bonds. The van der Waals surface area contributed by atoms with Crippen LogP contribution < -0.4 is 10.0 Å². The summed E-state index contributed by atoms with van der Waals surface area (Å²) >= 11 is 0. The SMILES string of the molecule is CNCC1CCCN1C(=O)c1cc(S(=O)(=O)NC2CC2)ccc1C. The van der Waals surface area contributed by atoms with E-state index in [1.54, 1.807) is 12.1 Å². The van der Waals surface area contributed by atoms with Gasteiger partial charge < -0.3 is 10.2 Å². The van der Waals surface area contributed by atoms with E-state index in [9.17, 15) is 13.2 Å². The van der Waals surface area contributed by atoms with Crippen LogP contribution >= 0.6 is 0 Å². The number of nitrogens with zero attached hydrogens (tertiary/aromatic N) is 1. The number of hydrogen-bond acceptors (Lipinski definition) is 4. The summed E-state index contributed by atoms with van der Waals surface area (Å²) in [5.41, 5.74) is 1.29. The van der Waals surface area contributed by atoms with Crippen LogP contribution in [-0.4, -0.2) is 51.4 Å². The van der Waals surface area contributed by atoms with Gasteiger partial charge in [-0.05, 0) is 57.4 Å². The Morgan fingerprint density at radius 3 is 2.71 bits per heavy atom. The first-order valence-corrected chi connectivity index (χ1v) is 9.99. The fourth-order valence-corrected chi connectivity index (χ4v) is 4.52. The summed E-state index contributed by atoms with van der Waals surface area (Å²) in [5.74, 6) is -0.0753. The Morgan fingerprint density at radius 1 is 1.29 bits per heavy atom. The molecule has 132 valence electrons. The minimum absolute atomic E-state index is 0.0500. The van der Waals surface area contributed by atoms with Crippen LogP contribution in [0.15, 0.2) is 23.1 Å². The van der Waals surface area contributed by atoms with Gasteiger partial charge in [0.05, 0.1) is 4.90 Å². The standard InChI is InChI=1S/C17H25N3O3S/c1-12-5-8-15(24(22,23)19-13-6-7-13)10-16(12)17(21)20-9-3-4-14(20)11-18-2/h5,8,10,13-14,18-19H,3-4,6-7,9,11H2,1-2H3. The number of carbonyl (C=O) groups is 1. The first-order chi connectivity index (χ1) is 11.4. The van der Waals surface area contributed by atoms with Crippen LogP contribution in [0.5, 0.6) is 0 Å². The largest absolute Gasteiger partial charge is 0.334 e. The Labute approximate surface area is 143 Å². The van der Waals surface area contributed by atoms with Gasteiger partial charge in [0.2, 0.25) is 10.0 Å². The molecule has 1 aromatic carbocycles. The van der Waals surface area contributed by atoms with E-state index in [2.05, 4.69) is 10.0 Å². The van der Waals surface area contributed by atoms with Gasteiger partial charge in [-0.15, -0.1) is 0 Å². The third kappa shape index (κ3) is 3.63. The molecule has 6 nitrogen and oxygen atoms in total. The molecule has 2 aliphatic rings. The molecule has 0 bridgehead atoms. The molecule has 0 radical (unpaired) electrons. The van der Waals surface area contributed by atoms with Crippen LogP contribution in [-0.2, 0) is 10.0 Å². The quantitative estimate of drug-likeness (QED) is 0.809. The highest BCUT2D eigenvalue weighted by Gasteiger charge is 2.31. The molecule has 1 heterocycles. The molecule has 1 aliphatic carbocycles. The zero-order valence-corrected chi connectivity index (χ0v) is 15.0. The Morgan fingerprint density at radius 2 is 2.04 bits per heavy atom. The van der Waals surface area contributed by atoms with Crippen LogP contribution in [0.3, 0.4) is 0 Å². The van der Waals surface area contributed by atoms with Crippen LogP contribution in [0, 0.1) is 6.92 Å². The summed E-state index contributed by atoms with van der Waals surface area (Å²) < 4.78 is 27.5. The van der Waals surface area contributed by atoms with Crippen LogP contribution in [0.2, 0.25) is 0 Å². The smallest absolute Gasteiger partial charge is 0.254 e. The van der Waals surface area contributed by atoms with Crippen molar-refractivity contribution < 1.29 is 13.2 Å². The van der Waals surface area contributed by atoms with Crippen molar-refractivity contribution in [1.82, 2.24) is 14.9 Å². The minimum Gasteiger partial charge on any atom is -0.334 e. The summed E-state index contributed by atoms with van der Waals surface area (Å²) in [5, 5.41) is 3.12. The highest BCUT2D eigenvalue weighted by molar-refractivity contribution is 7.89. The lowest BCUT2D eigenvalue weighted by Gasteiger charge is -2.25. The third-order valence-electron chi connectivity index (χ3n) is 4.73. The topological polar surface area (TPSA) is 78.5 Å². The molecule has 1 saturated heterocycles. The highest BCUT2D eigenvalue weighted by Crippen LogP contribution is 2.25. The van der Waals surface area contributed by atoms with E-state index in [4.69, 9.17) is 0 Å². The molecule has 1 saturated carbocycles. The van der Waals surface area contributed by atoms with Gasteiger partial charge in [-0.25, -0.2) is 13.1 Å². The second-order valence-electron chi connectivity index (χ2n) is 6.72. The first kappa shape index (κ1) is 17.4. The van der Waals surface area contributed by atoms with Gasteiger partial charge in [-0.3, -0.25) is 4.79 Å². The van der Waals surface area contributed by atoms with Crippen molar-refractivity contribution in [2.45, 2.75) is 49.6 Å². The van der Waals surface area contributed by atoms with Crippen LogP contribution in [0.1, 0.15) is 41.6 Å². The highest BCUT2D eigenvalue weighted by atomic mass is 32.2. The van der Waals surface area contributed by atoms with E-state index >= 15 is 0 Å². The predicted molar refractivity (Wildman–Crippen MR) is 92.5 cm³/mol. The molecule has 7 heteroatoms. The molecule has 3 rings (SSSR count). The maximum Gasteiger partial charge on any atom is 0.254 e. The Bertz CT molecular complexity index is 729. The number of nitrogens with one attached hydrogen (secondary N) is 2. The van der Waals surface area contributed by atoms with Gasteiger partial charge >= 0.3 is 0 Å². The lowest BCUT2D eigenvalue weighted by atomic mass is 10.1. The van der Waals surface area contributed by atoms with E-state index in [-0.39, 0.29) is 22.9 Å². The molecular weight excluding hydrogens is 326 g/mol. The number of benzene rings is 1. The predicted octanol–water partition coefficient (Wildman–Crippen LogP) is 1.26. The lowest BCUT2D eigenvalue weighted by Crippen LogP contribution is -2.41. The fourth-order valence-electron chi connectivity index (χ4n) is 3.19. The first-order valence-electron chi connectivity index (χ1n) is 8.51. The second-order valence-corrected chi connectivity index (χ2v) is 8.44. The van der Waals surface area contributed by atoms with Gasteiger partial charge in [0.25, 0.3) is 5.91 Å². The van der Waals surface area contributed by atoms with E-state index in [1.165, 1.54) is 6.07 Å². The van der Waals surface area contributed by atoms with Crippen molar-refractivity contribution in [2.75, 3.05) is 20.1 Å². The number of amides is 1. The number of likely N-dealkylation sites (N-methyl/N-ethyl adjacent to an activating group) is 1. The molecule has 1 aliphatic heterocycles. The third-order valence-corrected chi connectivity index (χ3v) is 6.24. The van der Waals surface area contributed by atoms with Crippen LogP contribution in [0.25, 0.3) is 0 Å². The van der Waals surface area contributed by atoms with Crippen molar-refractivity contribution in [3.63, 3.8) is 0 Å². The van der Waals surface area contributed by atoms with Gasteiger partial charge in [0.1, 0.15) is 0 Å². The van der Waals surface area contributed by atoms with Crippen molar-refractivity contribution in [1.29, 1.82) is 0 Å². The van der Waals surface area contributed by atoms with Crippen molar-refractivity contribution >= 4 is 15.9 Å². The average Bonchev–Trinajstić information content (AvgIpc) is 3.21. The molecule has 24 heavy (non-hydrogen) atoms. The van der Waals surface area contributed by atoms with Crippen LogP contribution in [0.4, 0.5) is 0 Å². The number of rotatable bonds is 6. The normalized spacial score (nSPS) is 21.2. The zero-order chi connectivity index (χ0) is 17.3. The average molecular weight is 351 g/mol. The van der Waals surface area contributed by atoms with Crippen molar-refractivity contribution in [3.8, 4) is 0 Å². The molecule has 0 spiro atoms. The van der Waals surface area contributed by atoms with Gasteiger partial charge in [0, 0.05) is 30.7 Å². The number of sulfonamides is 1. The monoisotopic (exact) mass is 351 g/mol. The molecule has 2 N–H and O–H groups in total. The van der Waals surface area contributed by atoms with Gasteiger partial charge in [0.15, 0.2) is 0 Å². The number of likely N-dealkylation sites (tertiary alicyclic amines) is 1. The number of aryl methyl sites for hydroxylation is 1. The summed E-state index contributed by atoms with van der Waals surface area (Å²) in [6, 6.07) is 5.04. The maximum atomic E-state index is 12.9. The van der Waals surface area contributed by atoms with E-state index in [0.29, 0.717) is 5.56 Å². The van der Waals surface area contributed by atoms with E-state index < -0.39 is 10.0 Å². The molecule has 1 unspecified atom stereocenters. The Hall–Kier alpha value is -1.44. The minimum atomic E-state index is -3.55. The Balaban J connectivity index is 1.87.